The van der Waals surface area contributed by atoms with Crippen LogP contribution < -0.4 is 4.90 Å². The van der Waals surface area contributed by atoms with Crippen LogP contribution in [0.25, 0.3) is 0 Å². The average molecular weight is 204 g/mol. The normalized spacial score (nSPS) is 39.0. The van der Waals surface area contributed by atoms with Crippen LogP contribution in [0.15, 0.2) is 18.3 Å². The number of anilines is 1. The molecule has 1 aromatic rings. The zero-order valence-corrected chi connectivity index (χ0v) is 9.90. The zero-order chi connectivity index (χ0) is 10.6. The highest BCUT2D eigenvalue weighted by molar-refractivity contribution is 5.47. The summed E-state index contributed by atoms with van der Waals surface area (Å²) in [5.41, 5.74) is 0.564. The number of aromatic nitrogens is 1. The summed E-state index contributed by atoms with van der Waals surface area (Å²) >= 11 is 0. The predicted molar refractivity (Wildman–Crippen MR) is 63.1 cm³/mol. The minimum absolute atomic E-state index is 0.564. The minimum Gasteiger partial charge on any atom is -0.352 e. The Kier molecular flexibility index (Phi) is 1.74. The quantitative estimate of drug-likeness (QED) is 0.683. The topological polar surface area (TPSA) is 8.17 Å². The summed E-state index contributed by atoms with van der Waals surface area (Å²) in [5.74, 6) is 1.40. The van der Waals surface area contributed by atoms with Gasteiger partial charge in [-0.2, -0.15) is 0 Å². The maximum absolute atomic E-state index is 2.64. The van der Waals surface area contributed by atoms with E-state index >= 15 is 0 Å². The Labute approximate surface area is 91.9 Å². The lowest BCUT2D eigenvalue weighted by Crippen LogP contribution is -2.43. The molecule has 1 aromatic heterocycles. The second kappa shape index (κ2) is 2.81. The Bertz CT molecular complexity index is 382. The molecule has 0 spiro atoms. The fourth-order valence-electron chi connectivity index (χ4n) is 3.61. The van der Waals surface area contributed by atoms with Crippen molar-refractivity contribution in [2.24, 2.45) is 12.5 Å². The van der Waals surface area contributed by atoms with Crippen molar-refractivity contribution < 1.29 is 0 Å². The summed E-state index contributed by atoms with van der Waals surface area (Å²) in [7, 11) is 2.15. The Hall–Kier alpha value is -0.920. The summed E-state index contributed by atoms with van der Waals surface area (Å²) in [5, 5.41) is 0. The van der Waals surface area contributed by atoms with Crippen LogP contribution >= 0.6 is 0 Å². The van der Waals surface area contributed by atoms with E-state index in [0.29, 0.717) is 11.5 Å². The van der Waals surface area contributed by atoms with Crippen molar-refractivity contribution in [2.75, 3.05) is 4.90 Å². The predicted octanol–water partition coefficient (Wildman–Crippen LogP) is 2.79. The molecule has 2 aliphatic rings. The first-order chi connectivity index (χ1) is 7.12. The SMILES string of the molecule is C[C@@H]1N(c2cccn2C)C2CCC1(C)C2. The van der Waals surface area contributed by atoms with Crippen LogP contribution in [0.1, 0.15) is 33.1 Å². The smallest absolute Gasteiger partial charge is 0.108 e. The lowest BCUT2D eigenvalue weighted by molar-refractivity contribution is 0.294. The first-order valence-corrected chi connectivity index (χ1v) is 6.01. The molecule has 82 valence electrons. The van der Waals surface area contributed by atoms with Crippen molar-refractivity contribution in [1.82, 2.24) is 4.57 Å². The van der Waals surface area contributed by atoms with Crippen LogP contribution in [0.4, 0.5) is 5.82 Å². The van der Waals surface area contributed by atoms with Crippen molar-refractivity contribution in [3.05, 3.63) is 18.3 Å². The summed E-state index contributed by atoms with van der Waals surface area (Å²) in [6.45, 7) is 4.85. The Morgan fingerprint density at radius 3 is 2.80 bits per heavy atom. The van der Waals surface area contributed by atoms with Gasteiger partial charge in [0.25, 0.3) is 0 Å². The van der Waals surface area contributed by atoms with Gasteiger partial charge < -0.3 is 9.47 Å². The van der Waals surface area contributed by atoms with Gasteiger partial charge in [-0.15, -0.1) is 0 Å². The first-order valence-electron chi connectivity index (χ1n) is 6.01. The van der Waals surface area contributed by atoms with Gasteiger partial charge >= 0.3 is 0 Å². The fourth-order valence-corrected chi connectivity index (χ4v) is 3.61. The van der Waals surface area contributed by atoms with E-state index in [1.165, 1.54) is 25.1 Å². The number of hydrogen-bond donors (Lipinski definition) is 0. The summed E-state index contributed by atoms with van der Waals surface area (Å²) in [6, 6.07) is 5.89. The third-order valence-corrected chi connectivity index (χ3v) is 4.75. The number of nitrogens with zero attached hydrogens (tertiary/aromatic N) is 2. The molecular formula is C13H20N2. The fraction of sp³-hybridized carbons (Fsp3) is 0.692. The van der Waals surface area contributed by atoms with Gasteiger partial charge in [-0.25, -0.2) is 0 Å². The molecule has 0 amide bonds. The molecule has 2 nitrogen and oxygen atoms in total. The highest BCUT2D eigenvalue weighted by atomic mass is 15.3. The van der Waals surface area contributed by atoms with E-state index < -0.39 is 0 Å². The van der Waals surface area contributed by atoms with Gasteiger partial charge in [-0.1, -0.05) is 6.92 Å². The molecule has 1 saturated heterocycles. The monoisotopic (exact) mass is 204 g/mol. The largest absolute Gasteiger partial charge is 0.352 e. The van der Waals surface area contributed by atoms with Crippen molar-refractivity contribution in [3.63, 3.8) is 0 Å². The first kappa shape index (κ1) is 9.32. The molecule has 2 fully saturated rings. The van der Waals surface area contributed by atoms with Crippen LogP contribution in [0.3, 0.4) is 0 Å². The Morgan fingerprint density at radius 2 is 2.27 bits per heavy atom. The van der Waals surface area contributed by atoms with Crippen molar-refractivity contribution >= 4 is 5.82 Å². The van der Waals surface area contributed by atoms with E-state index in [1.54, 1.807) is 0 Å². The Morgan fingerprint density at radius 1 is 1.47 bits per heavy atom. The van der Waals surface area contributed by atoms with Gasteiger partial charge in [0.2, 0.25) is 0 Å². The van der Waals surface area contributed by atoms with Gasteiger partial charge in [0.15, 0.2) is 0 Å². The molecule has 1 aliphatic heterocycles. The van der Waals surface area contributed by atoms with Crippen LogP contribution in [0.5, 0.6) is 0 Å². The number of fused-ring (bicyclic) bond motifs is 2. The maximum Gasteiger partial charge on any atom is 0.108 e. The number of piperidine rings is 1. The number of rotatable bonds is 1. The molecule has 0 N–H and O–H groups in total. The van der Waals surface area contributed by atoms with Gasteiger partial charge in [0.05, 0.1) is 0 Å². The van der Waals surface area contributed by atoms with Crippen LogP contribution in [0.2, 0.25) is 0 Å². The lowest BCUT2D eigenvalue weighted by atomic mass is 9.83. The molecule has 2 heteroatoms. The average Bonchev–Trinajstić information content (AvgIpc) is 2.81. The second-order valence-electron chi connectivity index (χ2n) is 5.61. The van der Waals surface area contributed by atoms with E-state index in [2.05, 4.69) is 48.7 Å². The zero-order valence-electron chi connectivity index (χ0n) is 9.90. The van der Waals surface area contributed by atoms with Gasteiger partial charge in [0, 0.05) is 25.3 Å². The highest BCUT2D eigenvalue weighted by Crippen LogP contribution is 2.53. The molecule has 3 rings (SSSR count). The van der Waals surface area contributed by atoms with E-state index in [0.717, 1.165) is 6.04 Å². The van der Waals surface area contributed by atoms with Crippen molar-refractivity contribution in [2.45, 2.75) is 45.2 Å². The molecule has 2 bridgehead atoms. The molecule has 3 atom stereocenters. The van der Waals surface area contributed by atoms with Gasteiger partial charge in [0.1, 0.15) is 5.82 Å². The number of hydrogen-bond acceptors (Lipinski definition) is 1. The third-order valence-electron chi connectivity index (χ3n) is 4.75. The summed E-state index contributed by atoms with van der Waals surface area (Å²) in [6.07, 6.45) is 6.33. The third kappa shape index (κ3) is 1.11. The molecular weight excluding hydrogens is 184 g/mol. The molecule has 1 aliphatic carbocycles. The highest BCUT2D eigenvalue weighted by Gasteiger charge is 2.52. The standard InChI is InChI=1S/C13H20N2/c1-10-13(2)7-6-11(9-13)15(10)12-5-4-8-14(12)3/h4-5,8,10-11H,6-7,9H2,1-3H3/t10-,11?,13?/m0/s1. The molecule has 2 heterocycles. The van der Waals surface area contributed by atoms with Crippen LogP contribution in [0, 0.1) is 5.41 Å². The van der Waals surface area contributed by atoms with Gasteiger partial charge in [-0.05, 0) is 43.7 Å². The second-order valence-corrected chi connectivity index (χ2v) is 5.61. The van der Waals surface area contributed by atoms with Crippen LogP contribution in [-0.4, -0.2) is 16.7 Å². The van der Waals surface area contributed by atoms with Crippen molar-refractivity contribution in [3.8, 4) is 0 Å². The van der Waals surface area contributed by atoms with Crippen LogP contribution in [-0.2, 0) is 7.05 Å². The van der Waals surface area contributed by atoms with Crippen molar-refractivity contribution in [1.29, 1.82) is 0 Å². The maximum atomic E-state index is 2.64. The van der Waals surface area contributed by atoms with E-state index in [-0.39, 0.29) is 0 Å². The van der Waals surface area contributed by atoms with Gasteiger partial charge in [-0.3, -0.25) is 0 Å². The summed E-state index contributed by atoms with van der Waals surface area (Å²) in [4.78, 5) is 2.64. The van der Waals surface area contributed by atoms with E-state index in [9.17, 15) is 0 Å². The molecule has 0 aromatic carbocycles. The van der Waals surface area contributed by atoms with E-state index in [1.807, 2.05) is 0 Å². The minimum atomic E-state index is 0.564. The molecule has 2 unspecified atom stereocenters. The molecule has 15 heavy (non-hydrogen) atoms. The lowest BCUT2D eigenvalue weighted by Gasteiger charge is -2.39. The molecule has 1 saturated carbocycles. The Balaban J connectivity index is 1.99. The summed E-state index contributed by atoms with van der Waals surface area (Å²) < 4.78 is 2.25. The number of aryl methyl sites for hydroxylation is 1. The molecule has 0 radical (unpaired) electrons. The van der Waals surface area contributed by atoms with E-state index in [4.69, 9.17) is 0 Å².